The quantitative estimate of drug-likeness (QED) is 0.754. The van der Waals surface area contributed by atoms with Gasteiger partial charge in [0.15, 0.2) is 6.61 Å². The Kier molecular flexibility index (Phi) is 5.45. The Morgan fingerprint density at radius 3 is 2.42 bits per heavy atom. The average molecular weight is 374 g/mol. The van der Waals surface area contributed by atoms with Crippen LogP contribution in [-0.4, -0.2) is 55.0 Å². The Balaban J connectivity index is 1.77. The van der Waals surface area contributed by atoms with Crippen molar-refractivity contribution < 1.29 is 9.53 Å². The van der Waals surface area contributed by atoms with Crippen molar-refractivity contribution in [1.82, 2.24) is 9.80 Å². The van der Waals surface area contributed by atoms with E-state index in [0.717, 1.165) is 42.0 Å². The molecule has 1 saturated heterocycles. The maximum absolute atomic E-state index is 12.0. The van der Waals surface area contributed by atoms with Gasteiger partial charge in [0.2, 0.25) is 0 Å². The molecule has 1 fully saturated rings. The van der Waals surface area contributed by atoms with Crippen molar-refractivity contribution in [2.45, 2.75) is 6.92 Å². The lowest BCUT2D eigenvalue weighted by atomic mass is 10.3. The van der Waals surface area contributed by atoms with Crippen molar-refractivity contribution in [3.05, 3.63) is 27.8 Å². The first-order valence-electron chi connectivity index (χ1n) is 6.57. The molecular formula is C14H19IN2O2. The number of hydrogen-bond acceptors (Lipinski definition) is 3. The van der Waals surface area contributed by atoms with E-state index in [1.54, 1.807) is 0 Å². The normalized spacial score (nSPS) is 16.4. The number of amides is 1. The van der Waals surface area contributed by atoms with Crippen molar-refractivity contribution in [3.8, 4) is 5.75 Å². The number of carbonyl (C=O) groups is 1. The highest BCUT2D eigenvalue weighted by atomic mass is 127. The minimum Gasteiger partial charge on any atom is -0.484 e. The molecule has 1 aliphatic heterocycles. The molecule has 1 aliphatic rings. The number of benzene rings is 1. The molecule has 1 amide bonds. The number of hydrogen-bond donors (Lipinski definition) is 0. The third-order valence-corrected chi connectivity index (χ3v) is 4.07. The highest BCUT2D eigenvalue weighted by Gasteiger charge is 2.20. The Bertz CT molecular complexity index is 414. The van der Waals surface area contributed by atoms with Gasteiger partial charge < -0.3 is 14.5 Å². The summed E-state index contributed by atoms with van der Waals surface area (Å²) in [6, 6.07) is 7.73. The van der Waals surface area contributed by atoms with E-state index < -0.39 is 0 Å². The highest BCUT2D eigenvalue weighted by molar-refractivity contribution is 14.1. The zero-order valence-electron chi connectivity index (χ0n) is 11.1. The van der Waals surface area contributed by atoms with Gasteiger partial charge in [0.1, 0.15) is 5.75 Å². The summed E-state index contributed by atoms with van der Waals surface area (Å²) in [7, 11) is 0. The number of carbonyl (C=O) groups excluding carboxylic acids is 1. The molecule has 19 heavy (non-hydrogen) atoms. The molecule has 0 unspecified atom stereocenters. The molecule has 1 aromatic rings. The van der Waals surface area contributed by atoms with Crippen LogP contribution in [0.4, 0.5) is 0 Å². The first kappa shape index (κ1) is 14.6. The summed E-state index contributed by atoms with van der Waals surface area (Å²) in [4.78, 5) is 16.3. The maximum atomic E-state index is 12.0. The summed E-state index contributed by atoms with van der Waals surface area (Å²) in [5.41, 5.74) is 0. The molecule has 4 nitrogen and oxygen atoms in total. The fraction of sp³-hybridized carbons (Fsp3) is 0.500. The standard InChI is InChI=1S/C14H19IN2O2/c1-2-16-7-9-17(10-8-16)14(18)11-19-13-5-3-12(15)4-6-13/h3-6H,2,7-11H2,1H3. The van der Waals surface area contributed by atoms with Gasteiger partial charge in [-0.3, -0.25) is 4.79 Å². The lowest BCUT2D eigenvalue weighted by Crippen LogP contribution is -2.49. The largest absolute Gasteiger partial charge is 0.484 e. The molecule has 0 atom stereocenters. The van der Waals surface area contributed by atoms with E-state index in [-0.39, 0.29) is 12.5 Å². The minimum atomic E-state index is 0.0781. The molecule has 1 heterocycles. The van der Waals surface area contributed by atoms with Crippen molar-refractivity contribution in [1.29, 1.82) is 0 Å². The smallest absolute Gasteiger partial charge is 0.260 e. The highest BCUT2D eigenvalue weighted by Crippen LogP contribution is 2.13. The molecule has 0 aliphatic carbocycles. The van der Waals surface area contributed by atoms with E-state index in [2.05, 4.69) is 34.4 Å². The first-order valence-corrected chi connectivity index (χ1v) is 7.65. The van der Waals surface area contributed by atoms with Crippen molar-refractivity contribution >= 4 is 28.5 Å². The van der Waals surface area contributed by atoms with Crippen LogP contribution in [-0.2, 0) is 4.79 Å². The second-order valence-corrected chi connectivity index (χ2v) is 5.80. The molecule has 0 saturated carbocycles. The van der Waals surface area contributed by atoms with Crippen LogP contribution < -0.4 is 4.74 Å². The lowest BCUT2D eigenvalue weighted by molar-refractivity contribution is -0.135. The van der Waals surface area contributed by atoms with Crippen LogP contribution in [0.15, 0.2) is 24.3 Å². The van der Waals surface area contributed by atoms with Crippen molar-refractivity contribution in [2.75, 3.05) is 39.3 Å². The third-order valence-electron chi connectivity index (χ3n) is 3.35. The number of likely N-dealkylation sites (N-methyl/N-ethyl adjacent to an activating group) is 1. The maximum Gasteiger partial charge on any atom is 0.260 e. The minimum absolute atomic E-state index is 0.0781. The zero-order valence-corrected chi connectivity index (χ0v) is 13.3. The van der Waals surface area contributed by atoms with Gasteiger partial charge in [0.05, 0.1) is 0 Å². The Morgan fingerprint density at radius 2 is 1.84 bits per heavy atom. The van der Waals surface area contributed by atoms with E-state index in [1.165, 1.54) is 0 Å². The lowest BCUT2D eigenvalue weighted by Gasteiger charge is -2.33. The SMILES string of the molecule is CCN1CCN(C(=O)COc2ccc(I)cc2)CC1. The van der Waals surface area contributed by atoms with Gasteiger partial charge in [-0.2, -0.15) is 0 Å². The van der Waals surface area contributed by atoms with E-state index >= 15 is 0 Å². The van der Waals surface area contributed by atoms with Gasteiger partial charge >= 0.3 is 0 Å². The van der Waals surface area contributed by atoms with E-state index in [4.69, 9.17) is 4.74 Å². The summed E-state index contributed by atoms with van der Waals surface area (Å²) in [5.74, 6) is 0.829. The predicted octanol–water partition coefficient (Wildman–Crippen LogP) is 1.83. The Morgan fingerprint density at radius 1 is 1.21 bits per heavy atom. The molecule has 2 rings (SSSR count). The number of nitrogens with zero attached hydrogens (tertiary/aromatic N) is 2. The number of ether oxygens (including phenoxy) is 1. The van der Waals surface area contributed by atoms with Gasteiger partial charge in [0, 0.05) is 29.7 Å². The predicted molar refractivity (Wildman–Crippen MR) is 83.3 cm³/mol. The molecule has 104 valence electrons. The van der Waals surface area contributed by atoms with Gasteiger partial charge in [-0.05, 0) is 53.4 Å². The molecule has 0 N–H and O–H groups in total. The van der Waals surface area contributed by atoms with E-state index in [1.807, 2.05) is 29.2 Å². The molecule has 0 aromatic heterocycles. The second-order valence-electron chi connectivity index (χ2n) is 4.56. The van der Waals surface area contributed by atoms with Crippen LogP contribution in [0, 0.1) is 3.57 Å². The Labute approximate surface area is 127 Å². The van der Waals surface area contributed by atoms with Crippen LogP contribution in [0.25, 0.3) is 0 Å². The van der Waals surface area contributed by atoms with Crippen LogP contribution in [0.3, 0.4) is 0 Å². The number of rotatable bonds is 4. The summed E-state index contributed by atoms with van der Waals surface area (Å²) in [6.45, 7) is 6.88. The summed E-state index contributed by atoms with van der Waals surface area (Å²) in [5, 5.41) is 0. The summed E-state index contributed by atoms with van der Waals surface area (Å²) >= 11 is 2.24. The zero-order chi connectivity index (χ0) is 13.7. The van der Waals surface area contributed by atoms with E-state index in [0.29, 0.717) is 0 Å². The second kappa shape index (κ2) is 7.09. The van der Waals surface area contributed by atoms with Crippen LogP contribution in [0.2, 0.25) is 0 Å². The van der Waals surface area contributed by atoms with Crippen molar-refractivity contribution in [3.63, 3.8) is 0 Å². The molecule has 0 radical (unpaired) electrons. The van der Waals surface area contributed by atoms with Crippen molar-refractivity contribution in [2.24, 2.45) is 0 Å². The number of halogens is 1. The molecule has 0 bridgehead atoms. The topological polar surface area (TPSA) is 32.8 Å². The van der Waals surface area contributed by atoms with Crippen LogP contribution in [0.5, 0.6) is 5.75 Å². The molecule has 1 aromatic carbocycles. The Hall–Kier alpha value is -0.820. The van der Waals surface area contributed by atoms with Crippen LogP contribution >= 0.6 is 22.6 Å². The fourth-order valence-corrected chi connectivity index (χ4v) is 2.44. The van der Waals surface area contributed by atoms with Gasteiger partial charge in [0.25, 0.3) is 5.91 Å². The molecule has 5 heteroatoms. The fourth-order valence-electron chi connectivity index (χ4n) is 2.08. The summed E-state index contributed by atoms with van der Waals surface area (Å²) in [6.07, 6.45) is 0. The van der Waals surface area contributed by atoms with Gasteiger partial charge in [-0.25, -0.2) is 0 Å². The van der Waals surface area contributed by atoms with Gasteiger partial charge in [-0.1, -0.05) is 6.92 Å². The van der Waals surface area contributed by atoms with Gasteiger partial charge in [-0.15, -0.1) is 0 Å². The van der Waals surface area contributed by atoms with E-state index in [9.17, 15) is 4.79 Å². The monoisotopic (exact) mass is 374 g/mol. The first-order chi connectivity index (χ1) is 9.19. The number of piperazine rings is 1. The molecule has 0 spiro atoms. The summed E-state index contributed by atoms with van der Waals surface area (Å²) < 4.78 is 6.68. The van der Waals surface area contributed by atoms with Crippen LogP contribution in [0.1, 0.15) is 6.92 Å². The third kappa shape index (κ3) is 4.35. The molecular weight excluding hydrogens is 355 g/mol. The average Bonchev–Trinajstić information content (AvgIpc) is 2.46.